The minimum atomic E-state index is -2.72. The molecule has 4 aliphatic rings. The molecule has 0 radical (unpaired) electrons. The number of rotatable bonds is 4. The highest BCUT2D eigenvalue weighted by molar-refractivity contribution is 6.24. The Labute approximate surface area is 231 Å². The van der Waals surface area contributed by atoms with Crippen LogP contribution in [0.4, 0.5) is 4.39 Å². The van der Waals surface area contributed by atoms with Gasteiger partial charge >= 0.3 is 0 Å². The Balaban J connectivity index is 1.61. The van der Waals surface area contributed by atoms with E-state index in [9.17, 15) is 34.8 Å². The average Bonchev–Trinajstić information content (AvgIpc) is 2.83. The maximum Gasteiger partial charge on any atom is 0.255 e. The van der Waals surface area contributed by atoms with Gasteiger partial charge < -0.3 is 26.2 Å². The first kappa shape index (κ1) is 28.3. The van der Waals surface area contributed by atoms with Gasteiger partial charge in [0.25, 0.3) is 5.91 Å². The van der Waals surface area contributed by atoms with E-state index in [1.165, 1.54) is 25.1 Å². The molecule has 10 nitrogen and oxygen atoms in total. The Bertz CT molecular complexity index is 1400. The number of phenolic OH excluding ortho intramolecular Hbond substituents is 1. The summed E-state index contributed by atoms with van der Waals surface area (Å²) in [5.41, 5.74) is 1.60. The summed E-state index contributed by atoms with van der Waals surface area (Å²) in [4.78, 5) is 42.7. The molecule has 2 fully saturated rings. The van der Waals surface area contributed by atoms with Gasteiger partial charge in [0.2, 0.25) is 5.78 Å². The quantitative estimate of drug-likeness (QED) is 0.347. The van der Waals surface area contributed by atoms with Crippen LogP contribution >= 0.6 is 0 Å². The molecule has 0 spiro atoms. The number of hydrogen-bond donors (Lipinski definition) is 5. The molecule has 0 bridgehead atoms. The van der Waals surface area contributed by atoms with Crippen molar-refractivity contribution in [1.82, 2.24) is 9.80 Å². The van der Waals surface area contributed by atoms with Crippen LogP contribution in [0.5, 0.6) is 5.75 Å². The number of Topliss-reactive ketones (excluding diaryl/α,β-unsaturated/α-hetero) is 2. The maximum absolute atomic E-state index is 16.0. The fraction of sp³-hybridized carbons (Fsp3) is 0.552. The van der Waals surface area contributed by atoms with Crippen LogP contribution < -0.4 is 5.73 Å². The Kier molecular flexibility index (Phi) is 6.63. The second kappa shape index (κ2) is 9.39. The average molecular weight is 558 g/mol. The lowest BCUT2D eigenvalue weighted by molar-refractivity contribution is -0.153. The standard InChI is InChI=1S/C29H36FN3O7/c1-28(2)6-5-7-33(12-28)11-14-10-17(34)19-15(21(14)30)8-13-9-16-22(32(3)4)24(36)20(27(31)39)26(38)29(16,40)25(37)18(13)23(19)35/h10,13,16,22,34-35,38,40H,5-9,11-12H2,1-4H3,(H2,31,39)/t13-,16-,22-,29-/m0/s1. The molecule has 6 N–H and O–H groups in total. The van der Waals surface area contributed by atoms with E-state index in [0.717, 1.165) is 25.9 Å². The number of ketones is 2. The fourth-order valence-corrected chi connectivity index (χ4v) is 7.38. The van der Waals surface area contributed by atoms with E-state index < -0.39 is 69.6 Å². The molecule has 1 saturated carbocycles. The third-order valence-electron chi connectivity index (χ3n) is 9.10. The molecular formula is C29H36FN3O7. The molecule has 1 aliphatic heterocycles. The fourth-order valence-electron chi connectivity index (χ4n) is 7.38. The van der Waals surface area contributed by atoms with Crippen molar-refractivity contribution >= 4 is 23.2 Å². The Morgan fingerprint density at radius 1 is 1.23 bits per heavy atom. The van der Waals surface area contributed by atoms with Gasteiger partial charge in [-0.3, -0.25) is 24.2 Å². The van der Waals surface area contributed by atoms with Crippen LogP contribution in [0.15, 0.2) is 23.0 Å². The number of amides is 1. The van der Waals surface area contributed by atoms with E-state index in [1.807, 2.05) is 0 Å². The summed E-state index contributed by atoms with van der Waals surface area (Å²) in [6.45, 7) is 6.13. The number of hydrogen-bond acceptors (Lipinski definition) is 9. The first-order valence-electron chi connectivity index (χ1n) is 13.5. The van der Waals surface area contributed by atoms with Crippen molar-refractivity contribution in [2.75, 3.05) is 27.2 Å². The summed E-state index contributed by atoms with van der Waals surface area (Å²) in [5, 5.41) is 44.7. The Hall–Kier alpha value is -3.28. The molecule has 1 aromatic carbocycles. The summed E-state index contributed by atoms with van der Waals surface area (Å²) in [7, 11) is 3.05. The van der Waals surface area contributed by atoms with E-state index >= 15 is 4.39 Å². The summed E-state index contributed by atoms with van der Waals surface area (Å²) in [5.74, 6) is -8.12. The van der Waals surface area contributed by atoms with Crippen LogP contribution in [0, 0.1) is 23.1 Å². The molecular weight excluding hydrogens is 521 g/mol. The highest BCUT2D eigenvalue weighted by atomic mass is 19.1. The molecule has 1 aromatic rings. The SMILES string of the molecule is CN(C)[C@@H]1C(=O)C(C(N)=O)=C(O)[C@@]2(O)C(=O)C3=C(O)c4c(O)cc(CN5CCCC(C)(C)C5)c(F)c4C[C@H]3C[C@@H]12. The number of nitrogens with zero attached hydrogens (tertiary/aromatic N) is 2. The van der Waals surface area contributed by atoms with E-state index in [4.69, 9.17) is 5.73 Å². The zero-order valence-electron chi connectivity index (χ0n) is 23.1. The molecule has 0 aromatic heterocycles. The van der Waals surface area contributed by atoms with Crippen LogP contribution in [-0.2, 0) is 27.3 Å². The largest absolute Gasteiger partial charge is 0.508 e. The zero-order valence-corrected chi connectivity index (χ0v) is 23.1. The third-order valence-corrected chi connectivity index (χ3v) is 9.10. The van der Waals surface area contributed by atoms with Crippen LogP contribution in [0.3, 0.4) is 0 Å². The number of phenols is 1. The van der Waals surface area contributed by atoms with Gasteiger partial charge in [0, 0.05) is 35.7 Å². The summed E-state index contributed by atoms with van der Waals surface area (Å²) in [6, 6.07) is 0.0613. The number of aliphatic hydroxyl groups is 3. The smallest absolute Gasteiger partial charge is 0.255 e. The molecule has 4 atom stereocenters. The van der Waals surface area contributed by atoms with Crippen molar-refractivity contribution < 1.29 is 39.2 Å². The molecule has 5 rings (SSSR count). The summed E-state index contributed by atoms with van der Waals surface area (Å²) in [6.07, 6.45) is 1.87. The number of nitrogens with two attached hydrogens (primary N) is 1. The van der Waals surface area contributed by atoms with Gasteiger partial charge in [-0.1, -0.05) is 13.8 Å². The van der Waals surface area contributed by atoms with E-state index in [1.54, 1.807) is 0 Å². The van der Waals surface area contributed by atoms with Gasteiger partial charge in [-0.05, 0) is 63.7 Å². The number of halogens is 1. The normalized spacial score (nSPS) is 30.3. The second-order valence-electron chi connectivity index (χ2n) is 12.7. The van der Waals surface area contributed by atoms with Gasteiger partial charge in [0.05, 0.1) is 11.6 Å². The second-order valence-corrected chi connectivity index (χ2v) is 12.7. The van der Waals surface area contributed by atoms with Crippen molar-refractivity contribution in [2.24, 2.45) is 23.0 Å². The number of likely N-dealkylation sites (tertiary alicyclic amines) is 1. The van der Waals surface area contributed by atoms with Crippen molar-refractivity contribution in [1.29, 1.82) is 0 Å². The monoisotopic (exact) mass is 557 g/mol. The van der Waals surface area contributed by atoms with Gasteiger partial charge in [-0.15, -0.1) is 0 Å². The van der Waals surface area contributed by atoms with E-state index in [-0.39, 0.29) is 47.1 Å². The van der Waals surface area contributed by atoms with Gasteiger partial charge in [-0.25, -0.2) is 4.39 Å². The molecule has 40 heavy (non-hydrogen) atoms. The predicted octanol–water partition coefficient (Wildman–Crippen LogP) is 1.73. The van der Waals surface area contributed by atoms with Crippen molar-refractivity contribution in [2.45, 2.75) is 57.7 Å². The number of piperidine rings is 1. The number of carbonyl (C=O) groups excluding carboxylic acids is 3. The number of primary amides is 1. The third kappa shape index (κ3) is 4.05. The molecule has 216 valence electrons. The molecule has 11 heteroatoms. The topological polar surface area (TPSA) is 165 Å². The van der Waals surface area contributed by atoms with Gasteiger partial charge in [0.15, 0.2) is 11.4 Å². The van der Waals surface area contributed by atoms with Crippen LogP contribution in [0.1, 0.15) is 49.8 Å². The summed E-state index contributed by atoms with van der Waals surface area (Å²) < 4.78 is 16.0. The predicted molar refractivity (Wildman–Crippen MR) is 142 cm³/mol. The molecule has 3 aliphatic carbocycles. The first-order valence-corrected chi connectivity index (χ1v) is 13.5. The maximum atomic E-state index is 16.0. The van der Waals surface area contributed by atoms with Crippen LogP contribution in [-0.4, -0.2) is 86.5 Å². The highest BCUT2D eigenvalue weighted by Crippen LogP contribution is 2.53. The Morgan fingerprint density at radius 2 is 1.90 bits per heavy atom. The number of fused-ring (bicyclic) bond motifs is 3. The lowest BCUT2D eigenvalue weighted by Gasteiger charge is -2.50. The lowest BCUT2D eigenvalue weighted by Crippen LogP contribution is -2.65. The van der Waals surface area contributed by atoms with Crippen molar-refractivity contribution in [3.63, 3.8) is 0 Å². The van der Waals surface area contributed by atoms with E-state index in [2.05, 4.69) is 18.7 Å². The molecule has 1 heterocycles. The first-order chi connectivity index (χ1) is 18.6. The number of aliphatic hydroxyl groups excluding tert-OH is 2. The number of likely N-dealkylation sites (N-methyl/N-ethyl adjacent to an activating group) is 1. The zero-order chi connectivity index (χ0) is 29.5. The molecule has 1 saturated heterocycles. The minimum absolute atomic E-state index is 0.0527. The van der Waals surface area contributed by atoms with Crippen LogP contribution in [0.25, 0.3) is 5.76 Å². The van der Waals surface area contributed by atoms with Crippen molar-refractivity contribution in [3.05, 3.63) is 45.5 Å². The minimum Gasteiger partial charge on any atom is -0.508 e. The number of carbonyl (C=O) groups is 3. The van der Waals surface area contributed by atoms with Crippen molar-refractivity contribution in [3.8, 4) is 5.75 Å². The Morgan fingerprint density at radius 3 is 2.50 bits per heavy atom. The number of benzene rings is 1. The number of aromatic hydroxyl groups is 1. The molecule has 0 unspecified atom stereocenters. The summed E-state index contributed by atoms with van der Waals surface area (Å²) >= 11 is 0. The highest BCUT2D eigenvalue weighted by Gasteiger charge is 2.64. The van der Waals surface area contributed by atoms with Gasteiger partial charge in [0.1, 0.15) is 28.7 Å². The lowest BCUT2D eigenvalue weighted by atomic mass is 9.57. The van der Waals surface area contributed by atoms with Gasteiger partial charge in [-0.2, -0.15) is 0 Å². The van der Waals surface area contributed by atoms with Crippen LogP contribution in [0.2, 0.25) is 0 Å². The van der Waals surface area contributed by atoms with E-state index in [0.29, 0.717) is 0 Å². The molecule has 1 amide bonds.